The van der Waals surface area contributed by atoms with Crippen molar-refractivity contribution in [2.45, 2.75) is 40.7 Å². The van der Waals surface area contributed by atoms with Gasteiger partial charge < -0.3 is 14.6 Å². The Labute approximate surface area is 115 Å². The van der Waals surface area contributed by atoms with E-state index in [-0.39, 0.29) is 12.2 Å². The van der Waals surface area contributed by atoms with E-state index in [4.69, 9.17) is 9.47 Å². The highest BCUT2D eigenvalue weighted by atomic mass is 16.7. The van der Waals surface area contributed by atoms with Gasteiger partial charge in [0.2, 0.25) is 6.79 Å². The molecular formula is C16H24O3. The van der Waals surface area contributed by atoms with E-state index in [1.165, 1.54) is 0 Å². The van der Waals surface area contributed by atoms with E-state index in [1.807, 2.05) is 58.9 Å². The fourth-order valence-electron chi connectivity index (χ4n) is 1.51. The summed E-state index contributed by atoms with van der Waals surface area (Å²) in [4.78, 5) is 0. The summed E-state index contributed by atoms with van der Waals surface area (Å²) in [6, 6.07) is 5.74. The zero-order valence-electron chi connectivity index (χ0n) is 12.4. The second-order valence-electron chi connectivity index (χ2n) is 5.28. The molecule has 106 valence electrons. The molecule has 1 unspecified atom stereocenters. The van der Waals surface area contributed by atoms with Gasteiger partial charge in [-0.05, 0) is 23.1 Å². The molecule has 0 radical (unpaired) electrons. The normalized spacial score (nSPS) is 15.1. The molecule has 0 aromatic heterocycles. The molecule has 1 aromatic carbocycles. The molecule has 0 fully saturated rings. The minimum Gasteiger partial charge on any atom is -0.454 e. The molecule has 0 amide bonds. The van der Waals surface area contributed by atoms with E-state index < -0.39 is 6.10 Å². The molecule has 1 aliphatic rings. The Morgan fingerprint density at radius 3 is 2.42 bits per heavy atom. The SMILES string of the molecule is CC.CC(C)(C)C(O)/C=C/c1ccc2c(c1)OCO2. The predicted molar refractivity (Wildman–Crippen MR) is 78.4 cm³/mol. The van der Waals surface area contributed by atoms with Crippen molar-refractivity contribution < 1.29 is 14.6 Å². The largest absolute Gasteiger partial charge is 0.454 e. The minimum atomic E-state index is -0.465. The van der Waals surface area contributed by atoms with Crippen LogP contribution in [0.3, 0.4) is 0 Å². The highest BCUT2D eigenvalue weighted by Crippen LogP contribution is 2.33. The molecule has 0 aliphatic carbocycles. The molecule has 1 aromatic rings. The van der Waals surface area contributed by atoms with E-state index in [0.29, 0.717) is 0 Å². The Bertz CT molecular complexity index is 430. The third-order valence-electron chi connectivity index (χ3n) is 2.75. The maximum atomic E-state index is 9.90. The quantitative estimate of drug-likeness (QED) is 0.881. The van der Waals surface area contributed by atoms with Gasteiger partial charge in [0.05, 0.1) is 6.10 Å². The molecular weight excluding hydrogens is 240 g/mol. The maximum Gasteiger partial charge on any atom is 0.231 e. The number of hydrogen-bond donors (Lipinski definition) is 1. The Hall–Kier alpha value is -1.48. The van der Waals surface area contributed by atoms with Gasteiger partial charge in [0.15, 0.2) is 11.5 Å². The maximum absolute atomic E-state index is 9.90. The third kappa shape index (κ3) is 4.28. The molecule has 1 aliphatic heterocycles. The molecule has 1 heterocycles. The summed E-state index contributed by atoms with van der Waals surface area (Å²) in [5.74, 6) is 1.54. The van der Waals surface area contributed by atoms with E-state index in [0.717, 1.165) is 17.1 Å². The van der Waals surface area contributed by atoms with Gasteiger partial charge in [-0.3, -0.25) is 0 Å². The van der Waals surface area contributed by atoms with Crippen molar-refractivity contribution in [3.05, 3.63) is 29.8 Å². The summed E-state index contributed by atoms with van der Waals surface area (Å²) in [7, 11) is 0. The summed E-state index contributed by atoms with van der Waals surface area (Å²) in [6.07, 6.45) is 3.24. The lowest BCUT2D eigenvalue weighted by atomic mass is 9.89. The van der Waals surface area contributed by atoms with Gasteiger partial charge in [-0.25, -0.2) is 0 Å². The van der Waals surface area contributed by atoms with Gasteiger partial charge in [0.25, 0.3) is 0 Å². The molecule has 0 bridgehead atoms. The summed E-state index contributed by atoms with van der Waals surface area (Å²) in [5, 5.41) is 9.90. The van der Waals surface area contributed by atoms with Crippen LogP contribution in [0, 0.1) is 5.41 Å². The van der Waals surface area contributed by atoms with Crippen LogP contribution in [0.25, 0.3) is 6.08 Å². The summed E-state index contributed by atoms with van der Waals surface area (Å²) >= 11 is 0. The second-order valence-corrected chi connectivity index (χ2v) is 5.28. The fraction of sp³-hybridized carbons (Fsp3) is 0.500. The van der Waals surface area contributed by atoms with Crippen molar-refractivity contribution >= 4 is 6.08 Å². The lowest BCUT2D eigenvalue weighted by molar-refractivity contribution is 0.106. The molecule has 1 atom stereocenters. The lowest BCUT2D eigenvalue weighted by Gasteiger charge is -2.22. The van der Waals surface area contributed by atoms with E-state index >= 15 is 0 Å². The molecule has 1 N–H and O–H groups in total. The fourth-order valence-corrected chi connectivity index (χ4v) is 1.51. The number of benzene rings is 1. The van der Waals surface area contributed by atoms with Crippen LogP contribution in [0.4, 0.5) is 0 Å². The first-order valence-electron chi connectivity index (χ1n) is 6.73. The zero-order valence-corrected chi connectivity index (χ0v) is 12.4. The number of aliphatic hydroxyl groups is 1. The summed E-state index contributed by atoms with van der Waals surface area (Å²) in [6.45, 7) is 10.3. The molecule has 2 rings (SSSR count). The predicted octanol–water partition coefficient (Wildman–Crippen LogP) is 3.86. The van der Waals surface area contributed by atoms with Crippen molar-refractivity contribution in [3.8, 4) is 11.5 Å². The smallest absolute Gasteiger partial charge is 0.231 e. The minimum absolute atomic E-state index is 0.146. The summed E-state index contributed by atoms with van der Waals surface area (Å²) in [5.41, 5.74) is 0.852. The Morgan fingerprint density at radius 1 is 1.16 bits per heavy atom. The average Bonchev–Trinajstić information content (AvgIpc) is 2.84. The number of hydrogen-bond acceptors (Lipinski definition) is 3. The number of rotatable bonds is 2. The standard InChI is InChI=1S/C14H18O3.C2H6/c1-14(2,3)13(15)7-5-10-4-6-11-12(8-10)17-9-16-11;1-2/h4-8,13,15H,9H2,1-3H3;1-2H3/b7-5+;. The molecule has 0 saturated heterocycles. The number of fused-ring (bicyclic) bond motifs is 1. The van der Waals surface area contributed by atoms with Crippen molar-refractivity contribution in [1.82, 2.24) is 0 Å². The summed E-state index contributed by atoms with van der Waals surface area (Å²) < 4.78 is 10.5. The Balaban J connectivity index is 0.000000861. The first-order chi connectivity index (χ1) is 8.97. The molecule has 0 spiro atoms. The van der Waals surface area contributed by atoms with Gasteiger partial charge in [0.1, 0.15) is 0 Å². The molecule has 0 saturated carbocycles. The monoisotopic (exact) mass is 264 g/mol. The molecule has 3 nitrogen and oxygen atoms in total. The van der Waals surface area contributed by atoms with Crippen molar-refractivity contribution in [2.75, 3.05) is 6.79 Å². The topological polar surface area (TPSA) is 38.7 Å². The Morgan fingerprint density at radius 2 is 1.79 bits per heavy atom. The van der Waals surface area contributed by atoms with E-state index in [1.54, 1.807) is 6.08 Å². The second kappa shape index (κ2) is 6.62. The van der Waals surface area contributed by atoms with E-state index in [9.17, 15) is 5.11 Å². The van der Waals surface area contributed by atoms with Crippen LogP contribution in [-0.2, 0) is 0 Å². The van der Waals surface area contributed by atoms with Crippen molar-refractivity contribution in [2.24, 2.45) is 5.41 Å². The lowest BCUT2D eigenvalue weighted by Crippen LogP contribution is -2.23. The van der Waals surface area contributed by atoms with Crippen LogP contribution in [0.15, 0.2) is 24.3 Å². The Kier molecular flexibility index (Phi) is 5.43. The highest BCUT2D eigenvalue weighted by Gasteiger charge is 2.19. The number of aliphatic hydroxyl groups excluding tert-OH is 1. The van der Waals surface area contributed by atoms with Gasteiger partial charge in [0, 0.05) is 0 Å². The van der Waals surface area contributed by atoms with Gasteiger partial charge in [-0.15, -0.1) is 0 Å². The highest BCUT2D eigenvalue weighted by molar-refractivity contribution is 5.56. The average molecular weight is 264 g/mol. The third-order valence-corrected chi connectivity index (χ3v) is 2.75. The van der Waals surface area contributed by atoms with Crippen LogP contribution in [0.2, 0.25) is 0 Å². The van der Waals surface area contributed by atoms with Crippen LogP contribution >= 0.6 is 0 Å². The van der Waals surface area contributed by atoms with Gasteiger partial charge in [-0.2, -0.15) is 0 Å². The van der Waals surface area contributed by atoms with Gasteiger partial charge >= 0.3 is 0 Å². The van der Waals surface area contributed by atoms with Gasteiger partial charge in [-0.1, -0.05) is 52.8 Å². The van der Waals surface area contributed by atoms with E-state index in [2.05, 4.69) is 0 Å². The molecule has 19 heavy (non-hydrogen) atoms. The van der Waals surface area contributed by atoms with Crippen molar-refractivity contribution in [1.29, 1.82) is 0 Å². The van der Waals surface area contributed by atoms with Crippen LogP contribution in [0.1, 0.15) is 40.2 Å². The first-order valence-corrected chi connectivity index (χ1v) is 6.73. The molecule has 3 heteroatoms. The van der Waals surface area contributed by atoms with Crippen LogP contribution < -0.4 is 9.47 Å². The number of ether oxygens (including phenoxy) is 2. The first kappa shape index (κ1) is 15.6. The van der Waals surface area contributed by atoms with Crippen LogP contribution in [0.5, 0.6) is 11.5 Å². The van der Waals surface area contributed by atoms with Crippen molar-refractivity contribution in [3.63, 3.8) is 0 Å². The van der Waals surface area contributed by atoms with Crippen LogP contribution in [-0.4, -0.2) is 18.0 Å². The zero-order chi connectivity index (χ0) is 14.5.